The molecule has 1 aliphatic carbocycles. The first-order valence-electron chi connectivity index (χ1n) is 5.35. The molecule has 2 atom stereocenters. The number of aromatic amines is 1. The summed E-state index contributed by atoms with van der Waals surface area (Å²) in [6, 6.07) is 0.182. The van der Waals surface area contributed by atoms with Gasteiger partial charge in [0.1, 0.15) is 5.69 Å². The number of hydrogen-bond donors (Lipinski definition) is 3. The second-order valence-corrected chi connectivity index (χ2v) is 3.95. The lowest BCUT2D eigenvalue weighted by molar-refractivity contribution is 0.101. The van der Waals surface area contributed by atoms with E-state index in [4.69, 9.17) is 10.5 Å². The van der Waals surface area contributed by atoms with Crippen LogP contribution in [0.5, 0.6) is 0 Å². The van der Waals surface area contributed by atoms with Crippen molar-refractivity contribution in [3.8, 4) is 0 Å². The van der Waals surface area contributed by atoms with Crippen LogP contribution >= 0.6 is 0 Å². The number of H-pyrrole nitrogens is 1. The minimum Gasteiger partial charge on any atom is -0.391 e. The van der Waals surface area contributed by atoms with Crippen LogP contribution in [0.4, 0.5) is 11.5 Å². The Kier molecular flexibility index (Phi) is 3.09. The topological polar surface area (TPSA) is 93.0 Å². The first-order chi connectivity index (χ1) is 7.72. The Balaban J connectivity index is 2.14. The molecule has 6 nitrogen and oxygen atoms in total. The lowest BCUT2D eigenvalue weighted by Gasteiger charge is -2.20. The molecule has 0 amide bonds. The Morgan fingerprint density at radius 1 is 1.62 bits per heavy atom. The zero-order chi connectivity index (χ0) is 11.5. The number of aromatic nitrogens is 2. The minimum atomic E-state index is -0.315. The number of nitrogens with zero attached hydrogens (tertiary/aromatic N) is 1. The summed E-state index contributed by atoms with van der Waals surface area (Å²) in [6.45, 7) is 0. The summed E-state index contributed by atoms with van der Waals surface area (Å²) in [7, 11) is 1.69. The Morgan fingerprint density at radius 3 is 3.19 bits per heavy atom. The first kappa shape index (κ1) is 10.9. The van der Waals surface area contributed by atoms with Gasteiger partial charge in [-0.05, 0) is 19.3 Å². The quantitative estimate of drug-likeness (QED) is 0.688. The lowest BCUT2D eigenvalue weighted by Crippen LogP contribution is -2.31. The number of anilines is 2. The molecule has 1 fully saturated rings. The summed E-state index contributed by atoms with van der Waals surface area (Å²) in [5.41, 5.74) is 5.45. The predicted molar refractivity (Wildman–Crippen MR) is 61.3 cm³/mol. The number of ether oxygens (including phenoxy) is 1. The summed E-state index contributed by atoms with van der Waals surface area (Å²) in [6.07, 6.45) is 4.65. The van der Waals surface area contributed by atoms with Crippen LogP contribution in [0.25, 0.3) is 0 Å². The fraction of sp³-hybridized carbons (Fsp3) is 0.600. The van der Waals surface area contributed by atoms with Gasteiger partial charge in [-0.3, -0.25) is 4.79 Å². The molecule has 1 aliphatic rings. The van der Waals surface area contributed by atoms with E-state index in [0.717, 1.165) is 19.3 Å². The molecule has 6 heteroatoms. The van der Waals surface area contributed by atoms with E-state index >= 15 is 0 Å². The number of methoxy groups -OCH3 is 1. The fourth-order valence-electron chi connectivity index (χ4n) is 2.07. The average Bonchev–Trinajstić information content (AvgIpc) is 2.72. The van der Waals surface area contributed by atoms with Crippen molar-refractivity contribution in [2.75, 3.05) is 18.2 Å². The van der Waals surface area contributed by atoms with Gasteiger partial charge in [0.15, 0.2) is 5.82 Å². The molecule has 88 valence electrons. The Hall–Kier alpha value is -1.56. The first-order valence-corrected chi connectivity index (χ1v) is 5.35. The van der Waals surface area contributed by atoms with Crippen molar-refractivity contribution in [2.24, 2.45) is 0 Å². The zero-order valence-corrected chi connectivity index (χ0v) is 9.19. The summed E-state index contributed by atoms with van der Waals surface area (Å²) in [5, 5.41) is 3.17. The molecule has 2 rings (SSSR count). The SMILES string of the molecule is COC1CCCC1Nc1nc[nH]c(=O)c1N. The van der Waals surface area contributed by atoms with E-state index < -0.39 is 0 Å². The van der Waals surface area contributed by atoms with Crippen LogP contribution in [0.2, 0.25) is 0 Å². The third kappa shape index (κ3) is 2.01. The third-order valence-electron chi connectivity index (χ3n) is 2.97. The summed E-state index contributed by atoms with van der Waals surface area (Å²) in [4.78, 5) is 17.7. The molecule has 0 bridgehead atoms. The van der Waals surface area contributed by atoms with Crippen molar-refractivity contribution in [3.05, 3.63) is 16.7 Å². The molecule has 2 unspecified atom stereocenters. The van der Waals surface area contributed by atoms with Crippen LogP contribution < -0.4 is 16.6 Å². The standard InChI is InChI=1S/C10H16N4O2/c1-16-7-4-2-3-6(7)14-9-8(11)10(15)13-5-12-9/h5-7H,2-4,11H2,1H3,(H2,12,13,14,15). The lowest BCUT2D eigenvalue weighted by atomic mass is 10.2. The van der Waals surface area contributed by atoms with Crippen LogP contribution in [0.1, 0.15) is 19.3 Å². The van der Waals surface area contributed by atoms with Gasteiger partial charge in [0.2, 0.25) is 0 Å². The fourth-order valence-corrected chi connectivity index (χ4v) is 2.07. The predicted octanol–water partition coefficient (Wildman–Crippen LogP) is 0.332. The van der Waals surface area contributed by atoms with Crippen LogP contribution in [0.15, 0.2) is 11.1 Å². The normalized spacial score (nSPS) is 24.6. The molecule has 1 heterocycles. The average molecular weight is 224 g/mol. The number of rotatable bonds is 3. The molecule has 0 aromatic carbocycles. The van der Waals surface area contributed by atoms with Gasteiger partial charge in [0.25, 0.3) is 5.56 Å². The van der Waals surface area contributed by atoms with Gasteiger partial charge < -0.3 is 20.8 Å². The maximum Gasteiger partial charge on any atom is 0.276 e. The van der Waals surface area contributed by atoms with Crippen molar-refractivity contribution < 1.29 is 4.74 Å². The largest absolute Gasteiger partial charge is 0.391 e. The van der Waals surface area contributed by atoms with E-state index in [1.807, 2.05) is 0 Å². The van der Waals surface area contributed by atoms with Gasteiger partial charge in [-0.1, -0.05) is 0 Å². The summed E-state index contributed by atoms with van der Waals surface area (Å²) >= 11 is 0. The van der Waals surface area contributed by atoms with Crippen LogP contribution in [0, 0.1) is 0 Å². The third-order valence-corrected chi connectivity index (χ3v) is 2.97. The maximum atomic E-state index is 11.3. The van der Waals surface area contributed by atoms with Crippen molar-refractivity contribution in [1.82, 2.24) is 9.97 Å². The van der Waals surface area contributed by atoms with E-state index in [1.165, 1.54) is 6.33 Å². The highest BCUT2D eigenvalue weighted by Crippen LogP contribution is 2.25. The Morgan fingerprint density at radius 2 is 2.44 bits per heavy atom. The van der Waals surface area contributed by atoms with Gasteiger partial charge in [-0.2, -0.15) is 0 Å². The number of nitrogens with one attached hydrogen (secondary N) is 2. The highest BCUT2D eigenvalue weighted by molar-refractivity contribution is 5.59. The van der Waals surface area contributed by atoms with Crippen molar-refractivity contribution >= 4 is 11.5 Å². The Labute approximate surface area is 93.2 Å². The van der Waals surface area contributed by atoms with Gasteiger partial charge in [0, 0.05) is 7.11 Å². The molecule has 4 N–H and O–H groups in total. The highest BCUT2D eigenvalue weighted by Gasteiger charge is 2.27. The molecule has 0 spiro atoms. The number of nitrogens with two attached hydrogens (primary N) is 1. The van der Waals surface area contributed by atoms with Crippen molar-refractivity contribution in [2.45, 2.75) is 31.4 Å². The van der Waals surface area contributed by atoms with Crippen LogP contribution in [0.3, 0.4) is 0 Å². The van der Waals surface area contributed by atoms with E-state index in [-0.39, 0.29) is 23.4 Å². The maximum absolute atomic E-state index is 11.3. The Bertz CT molecular complexity index is 418. The number of hydrogen-bond acceptors (Lipinski definition) is 5. The molecule has 0 radical (unpaired) electrons. The van der Waals surface area contributed by atoms with Crippen LogP contribution in [-0.4, -0.2) is 29.2 Å². The van der Waals surface area contributed by atoms with Gasteiger partial charge in [0.05, 0.1) is 18.5 Å². The monoisotopic (exact) mass is 224 g/mol. The molecule has 1 aromatic rings. The van der Waals surface area contributed by atoms with E-state index in [9.17, 15) is 4.79 Å². The smallest absolute Gasteiger partial charge is 0.276 e. The van der Waals surface area contributed by atoms with E-state index in [0.29, 0.717) is 5.82 Å². The molecular weight excluding hydrogens is 208 g/mol. The highest BCUT2D eigenvalue weighted by atomic mass is 16.5. The molecule has 1 saturated carbocycles. The van der Waals surface area contributed by atoms with Gasteiger partial charge >= 0.3 is 0 Å². The molecular formula is C10H16N4O2. The van der Waals surface area contributed by atoms with Crippen molar-refractivity contribution in [1.29, 1.82) is 0 Å². The van der Waals surface area contributed by atoms with Gasteiger partial charge in [-0.15, -0.1) is 0 Å². The number of nitrogen functional groups attached to an aromatic ring is 1. The van der Waals surface area contributed by atoms with Gasteiger partial charge in [-0.25, -0.2) is 4.98 Å². The second kappa shape index (κ2) is 4.52. The van der Waals surface area contributed by atoms with Crippen molar-refractivity contribution in [3.63, 3.8) is 0 Å². The molecule has 16 heavy (non-hydrogen) atoms. The van der Waals surface area contributed by atoms with E-state index in [2.05, 4.69) is 15.3 Å². The molecule has 0 aliphatic heterocycles. The van der Waals surface area contributed by atoms with Crippen LogP contribution in [-0.2, 0) is 4.74 Å². The zero-order valence-electron chi connectivity index (χ0n) is 9.19. The van der Waals surface area contributed by atoms with E-state index in [1.54, 1.807) is 7.11 Å². The molecule has 0 saturated heterocycles. The summed E-state index contributed by atoms with van der Waals surface area (Å²) in [5.74, 6) is 0.442. The second-order valence-electron chi connectivity index (χ2n) is 3.95. The molecule has 1 aromatic heterocycles. The minimum absolute atomic E-state index is 0.129. The summed E-state index contributed by atoms with van der Waals surface area (Å²) < 4.78 is 5.35.